The average molecular weight is 133 g/mol. The third-order valence-electron chi connectivity index (χ3n) is 1.41. The summed E-state index contributed by atoms with van der Waals surface area (Å²) in [4.78, 5) is 7.93. The predicted molar refractivity (Wildman–Crippen MR) is 37.7 cm³/mol. The minimum absolute atomic E-state index is 0.951. The Morgan fingerprint density at radius 2 is 2.40 bits per heavy atom. The van der Waals surface area contributed by atoms with Gasteiger partial charge < -0.3 is 0 Å². The molecule has 0 radical (unpaired) electrons. The predicted octanol–water partition coefficient (Wildman–Crippen LogP) is 1.04. The van der Waals surface area contributed by atoms with Crippen LogP contribution in [0.4, 0.5) is 0 Å². The van der Waals surface area contributed by atoms with Crippen molar-refractivity contribution >= 4 is 5.65 Å². The maximum absolute atomic E-state index is 4.05. The highest BCUT2D eigenvalue weighted by Crippen LogP contribution is 2.02. The number of hydrogen-bond acceptors (Lipinski definition) is 2. The van der Waals surface area contributed by atoms with Crippen molar-refractivity contribution in [3.8, 4) is 0 Å². The molecule has 0 atom stereocenters. The lowest BCUT2D eigenvalue weighted by Gasteiger charge is -1.86. The largest absolute Gasteiger partial charge is 0.292 e. The topological polar surface area (TPSA) is 30.2 Å². The van der Waals surface area contributed by atoms with Crippen LogP contribution in [-0.4, -0.2) is 14.4 Å². The van der Waals surface area contributed by atoms with Crippen LogP contribution in [0, 0.1) is 6.92 Å². The normalized spacial score (nSPS) is 10.5. The summed E-state index contributed by atoms with van der Waals surface area (Å²) in [7, 11) is 0. The monoisotopic (exact) mass is 133 g/mol. The molecule has 2 aromatic rings. The molecule has 2 heterocycles. The molecule has 0 N–H and O–H groups in total. The highest BCUT2D eigenvalue weighted by atomic mass is 15.0. The standard InChI is InChI=1S/C7H7N3/c1-6-2-7-9-4-8-5-10(7)3-6/h2-5H,1H3. The number of rotatable bonds is 0. The van der Waals surface area contributed by atoms with Crippen LogP contribution >= 0.6 is 0 Å². The number of nitrogens with zero attached hydrogens (tertiary/aromatic N) is 3. The first-order chi connectivity index (χ1) is 4.86. The highest BCUT2D eigenvalue weighted by Gasteiger charge is 1.92. The molecule has 3 nitrogen and oxygen atoms in total. The Morgan fingerprint density at radius 1 is 1.50 bits per heavy atom. The second kappa shape index (κ2) is 1.80. The Balaban J connectivity index is 2.88. The van der Waals surface area contributed by atoms with Crippen LogP contribution in [0.3, 0.4) is 0 Å². The van der Waals surface area contributed by atoms with Crippen molar-refractivity contribution in [3.05, 3.63) is 30.5 Å². The molecule has 0 saturated carbocycles. The van der Waals surface area contributed by atoms with E-state index in [1.807, 2.05) is 23.6 Å². The van der Waals surface area contributed by atoms with Gasteiger partial charge in [-0.2, -0.15) is 0 Å². The van der Waals surface area contributed by atoms with Gasteiger partial charge in [0.05, 0.1) is 0 Å². The number of aromatic nitrogens is 3. The third-order valence-corrected chi connectivity index (χ3v) is 1.41. The Labute approximate surface area is 58.4 Å². The van der Waals surface area contributed by atoms with Crippen LogP contribution in [0.25, 0.3) is 5.65 Å². The summed E-state index contributed by atoms with van der Waals surface area (Å²) in [6.07, 6.45) is 5.29. The lowest BCUT2D eigenvalue weighted by Crippen LogP contribution is -1.85. The summed E-state index contributed by atoms with van der Waals surface area (Å²) >= 11 is 0. The van der Waals surface area contributed by atoms with E-state index in [0.717, 1.165) is 5.65 Å². The zero-order valence-electron chi connectivity index (χ0n) is 5.65. The van der Waals surface area contributed by atoms with E-state index in [2.05, 4.69) is 9.97 Å². The minimum Gasteiger partial charge on any atom is -0.292 e. The van der Waals surface area contributed by atoms with Gasteiger partial charge in [0, 0.05) is 6.20 Å². The molecule has 0 aliphatic carbocycles. The van der Waals surface area contributed by atoms with E-state index in [1.165, 1.54) is 5.56 Å². The van der Waals surface area contributed by atoms with E-state index in [-0.39, 0.29) is 0 Å². The quantitative estimate of drug-likeness (QED) is 0.537. The van der Waals surface area contributed by atoms with Crippen LogP contribution < -0.4 is 0 Å². The minimum atomic E-state index is 0.951. The van der Waals surface area contributed by atoms with Gasteiger partial charge in [-0.25, -0.2) is 9.97 Å². The number of hydrogen-bond donors (Lipinski definition) is 0. The van der Waals surface area contributed by atoms with Gasteiger partial charge in [0.2, 0.25) is 0 Å². The lowest BCUT2D eigenvalue weighted by molar-refractivity contribution is 1.02. The van der Waals surface area contributed by atoms with Crippen molar-refractivity contribution in [2.45, 2.75) is 6.92 Å². The van der Waals surface area contributed by atoms with E-state index in [4.69, 9.17) is 0 Å². The zero-order chi connectivity index (χ0) is 6.97. The molecule has 0 aliphatic heterocycles. The maximum Gasteiger partial charge on any atom is 0.139 e. The summed E-state index contributed by atoms with van der Waals surface area (Å²) in [5.41, 5.74) is 2.16. The van der Waals surface area contributed by atoms with Crippen LogP contribution in [0.2, 0.25) is 0 Å². The molecule has 0 saturated heterocycles. The molecule has 2 rings (SSSR count). The molecule has 0 unspecified atom stereocenters. The summed E-state index contributed by atoms with van der Waals surface area (Å²) in [6, 6.07) is 2.02. The fourth-order valence-electron chi connectivity index (χ4n) is 0.992. The molecular weight excluding hydrogens is 126 g/mol. The summed E-state index contributed by atoms with van der Waals surface area (Å²) < 4.78 is 1.90. The molecule has 0 amide bonds. The molecular formula is C7H7N3. The van der Waals surface area contributed by atoms with Gasteiger partial charge in [0.25, 0.3) is 0 Å². The zero-order valence-corrected chi connectivity index (χ0v) is 5.65. The van der Waals surface area contributed by atoms with Crippen LogP contribution in [-0.2, 0) is 0 Å². The Hall–Kier alpha value is -1.38. The van der Waals surface area contributed by atoms with Crippen molar-refractivity contribution < 1.29 is 0 Å². The lowest BCUT2D eigenvalue weighted by atomic mass is 10.4. The van der Waals surface area contributed by atoms with Gasteiger partial charge in [0.15, 0.2) is 0 Å². The van der Waals surface area contributed by atoms with Crippen LogP contribution in [0.1, 0.15) is 5.56 Å². The fraction of sp³-hybridized carbons (Fsp3) is 0.143. The first-order valence-electron chi connectivity index (χ1n) is 3.10. The molecule has 0 spiro atoms. The first kappa shape index (κ1) is 5.41. The summed E-state index contributed by atoms with van der Waals surface area (Å²) in [5, 5.41) is 0. The summed E-state index contributed by atoms with van der Waals surface area (Å²) in [6.45, 7) is 2.04. The van der Waals surface area contributed by atoms with E-state index < -0.39 is 0 Å². The van der Waals surface area contributed by atoms with Crippen LogP contribution in [0.15, 0.2) is 24.9 Å². The van der Waals surface area contributed by atoms with Gasteiger partial charge in [-0.3, -0.25) is 4.40 Å². The molecule has 0 fully saturated rings. The van der Waals surface area contributed by atoms with E-state index in [0.29, 0.717) is 0 Å². The summed E-state index contributed by atoms with van der Waals surface area (Å²) in [5.74, 6) is 0. The molecule has 0 bridgehead atoms. The molecule has 0 aromatic carbocycles. The molecule has 0 aliphatic rings. The highest BCUT2D eigenvalue weighted by molar-refractivity contribution is 5.40. The molecule has 3 heteroatoms. The SMILES string of the molecule is Cc1cc2ncncn2c1. The maximum atomic E-state index is 4.05. The smallest absolute Gasteiger partial charge is 0.139 e. The Kier molecular flexibility index (Phi) is 0.974. The second-order valence-corrected chi connectivity index (χ2v) is 2.29. The van der Waals surface area contributed by atoms with Crippen LogP contribution in [0.5, 0.6) is 0 Å². The molecule has 10 heavy (non-hydrogen) atoms. The average Bonchev–Trinajstić information content (AvgIpc) is 2.27. The van der Waals surface area contributed by atoms with Gasteiger partial charge in [-0.05, 0) is 18.6 Å². The number of fused-ring (bicyclic) bond motifs is 1. The van der Waals surface area contributed by atoms with E-state index >= 15 is 0 Å². The number of aryl methyl sites for hydroxylation is 1. The van der Waals surface area contributed by atoms with Gasteiger partial charge in [-0.1, -0.05) is 0 Å². The van der Waals surface area contributed by atoms with Gasteiger partial charge in [-0.15, -0.1) is 0 Å². The van der Waals surface area contributed by atoms with Crippen molar-refractivity contribution in [2.75, 3.05) is 0 Å². The van der Waals surface area contributed by atoms with E-state index in [9.17, 15) is 0 Å². The van der Waals surface area contributed by atoms with Crippen molar-refractivity contribution in [1.29, 1.82) is 0 Å². The van der Waals surface area contributed by atoms with Crippen molar-refractivity contribution in [1.82, 2.24) is 14.4 Å². The van der Waals surface area contributed by atoms with Gasteiger partial charge >= 0.3 is 0 Å². The Bertz CT molecular complexity index is 317. The third kappa shape index (κ3) is 0.673. The van der Waals surface area contributed by atoms with Crippen molar-refractivity contribution in [2.24, 2.45) is 0 Å². The molecule has 50 valence electrons. The Morgan fingerprint density at radius 3 is 3.20 bits per heavy atom. The molecule has 2 aromatic heterocycles. The fourth-order valence-corrected chi connectivity index (χ4v) is 0.992. The van der Waals surface area contributed by atoms with Gasteiger partial charge in [0.1, 0.15) is 18.3 Å². The first-order valence-corrected chi connectivity index (χ1v) is 3.10. The second-order valence-electron chi connectivity index (χ2n) is 2.29. The van der Waals surface area contributed by atoms with Crippen molar-refractivity contribution in [3.63, 3.8) is 0 Å². The van der Waals surface area contributed by atoms with E-state index in [1.54, 1.807) is 12.7 Å².